The molecule has 0 saturated heterocycles. The summed E-state index contributed by atoms with van der Waals surface area (Å²) in [6.07, 6.45) is 1.80. The maximum absolute atomic E-state index is 14.2. The van der Waals surface area contributed by atoms with Crippen molar-refractivity contribution >= 4 is 74.9 Å². The van der Waals surface area contributed by atoms with Crippen molar-refractivity contribution in [3.05, 3.63) is 152 Å². The minimum absolute atomic E-state index is 0.169. The molecule has 1 atom stereocenters. The van der Waals surface area contributed by atoms with Crippen molar-refractivity contribution in [1.82, 2.24) is 4.57 Å². The smallest absolute Gasteiger partial charge is 0.338 e. The van der Waals surface area contributed by atoms with Gasteiger partial charge in [0.1, 0.15) is 6.61 Å². The number of rotatable bonds is 9. The Morgan fingerprint density at radius 1 is 1.00 bits per heavy atom. The van der Waals surface area contributed by atoms with Gasteiger partial charge in [-0.1, -0.05) is 89.1 Å². The molecule has 47 heavy (non-hydrogen) atoms. The number of esters is 1. The topological polar surface area (TPSA) is 79.1 Å². The molecular formula is C36H27Cl2IN2O5S. The largest absolute Gasteiger partial charge is 0.493 e. The van der Waals surface area contributed by atoms with Gasteiger partial charge in [-0.15, -0.1) is 0 Å². The molecule has 1 aliphatic rings. The van der Waals surface area contributed by atoms with Gasteiger partial charge >= 0.3 is 5.97 Å². The van der Waals surface area contributed by atoms with E-state index in [-0.39, 0.29) is 17.7 Å². The van der Waals surface area contributed by atoms with E-state index >= 15 is 0 Å². The molecule has 0 bridgehead atoms. The number of hydrogen-bond acceptors (Lipinski definition) is 7. The molecule has 0 spiro atoms. The van der Waals surface area contributed by atoms with Crippen LogP contribution in [0.2, 0.25) is 10.0 Å². The second-order valence-corrected chi connectivity index (χ2v) is 13.5. The van der Waals surface area contributed by atoms with Crippen LogP contribution in [0.1, 0.15) is 35.2 Å². The number of ether oxygens (including phenoxy) is 3. The third kappa shape index (κ3) is 7.03. The molecule has 7 nitrogen and oxygen atoms in total. The fourth-order valence-corrected chi connectivity index (χ4v) is 7.29. The number of methoxy groups -OCH3 is 1. The van der Waals surface area contributed by atoms with Crippen molar-refractivity contribution in [3.63, 3.8) is 0 Å². The van der Waals surface area contributed by atoms with E-state index in [0.717, 1.165) is 20.3 Å². The van der Waals surface area contributed by atoms with E-state index in [1.807, 2.05) is 78.9 Å². The molecule has 5 aromatic rings. The minimum atomic E-state index is -0.793. The molecule has 11 heteroatoms. The van der Waals surface area contributed by atoms with E-state index in [2.05, 4.69) is 22.6 Å². The first-order chi connectivity index (χ1) is 22.8. The van der Waals surface area contributed by atoms with Gasteiger partial charge < -0.3 is 14.2 Å². The molecule has 2 heterocycles. The van der Waals surface area contributed by atoms with Gasteiger partial charge in [0.25, 0.3) is 5.56 Å². The van der Waals surface area contributed by atoms with Gasteiger partial charge in [-0.05, 0) is 88.7 Å². The van der Waals surface area contributed by atoms with Gasteiger partial charge in [0, 0.05) is 15.6 Å². The van der Waals surface area contributed by atoms with Crippen LogP contribution in [0, 0.1) is 3.57 Å². The van der Waals surface area contributed by atoms with E-state index in [1.165, 1.54) is 11.3 Å². The maximum Gasteiger partial charge on any atom is 0.338 e. The van der Waals surface area contributed by atoms with Crippen LogP contribution in [0.3, 0.4) is 0 Å². The van der Waals surface area contributed by atoms with Crippen molar-refractivity contribution < 1.29 is 19.0 Å². The first-order valence-electron chi connectivity index (χ1n) is 14.6. The van der Waals surface area contributed by atoms with Gasteiger partial charge in [-0.3, -0.25) is 9.36 Å². The Morgan fingerprint density at radius 2 is 1.68 bits per heavy atom. The number of aromatic nitrogens is 1. The van der Waals surface area contributed by atoms with Crippen LogP contribution in [-0.2, 0) is 16.1 Å². The second-order valence-electron chi connectivity index (χ2n) is 10.4. The lowest BCUT2D eigenvalue weighted by Gasteiger charge is -2.25. The summed E-state index contributed by atoms with van der Waals surface area (Å²) in [7, 11) is 1.58. The Bertz CT molecular complexity index is 2160. The van der Waals surface area contributed by atoms with Crippen molar-refractivity contribution in [2.45, 2.75) is 19.6 Å². The lowest BCUT2D eigenvalue weighted by atomic mass is 9.93. The lowest BCUT2D eigenvalue weighted by Crippen LogP contribution is -2.40. The van der Waals surface area contributed by atoms with Gasteiger partial charge in [-0.2, -0.15) is 0 Å². The number of nitrogens with zero attached hydrogens (tertiary/aromatic N) is 2. The van der Waals surface area contributed by atoms with Crippen LogP contribution in [-0.4, -0.2) is 24.3 Å². The monoisotopic (exact) mass is 796 g/mol. The van der Waals surface area contributed by atoms with Crippen LogP contribution >= 0.6 is 57.1 Å². The summed E-state index contributed by atoms with van der Waals surface area (Å²) >= 11 is 15.7. The van der Waals surface area contributed by atoms with E-state index in [9.17, 15) is 9.59 Å². The third-order valence-corrected chi connectivity index (χ3v) is 9.69. The highest BCUT2D eigenvalue weighted by Gasteiger charge is 2.35. The van der Waals surface area contributed by atoms with Crippen molar-refractivity contribution in [2.75, 3.05) is 13.7 Å². The maximum atomic E-state index is 14.2. The fraction of sp³-hybridized carbons (Fsp3) is 0.139. The summed E-state index contributed by atoms with van der Waals surface area (Å²) < 4.78 is 20.2. The van der Waals surface area contributed by atoms with Gasteiger partial charge in [0.2, 0.25) is 0 Å². The number of thiazole rings is 1. The first-order valence-corrected chi connectivity index (χ1v) is 17.2. The van der Waals surface area contributed by atoms with Crippen LogP contribution < -0.4 is 24.4 Å². The van der Waals surface area contributed by atoms with Gasteiger partial charge in [0.05, 0.1) is 39.1 Å². The highest BCUT2D eigenvalue weighted by atomic mass is 127. The summed E-state index contributed by atoms with van der Waals surface area (Å²) in [4.78, 5) is 33.2. The molecule has 0 fully saturated rings. The number of carbonyl (C=O) groups excluding carboxylic acids is 1. The standard InChI is InChI=1S/C36H27Cl2IN2O5S/c1-3-45-35(43)30-31(23-7-5-4-6-8-23)40-36-41(32(30)24-11-15-26(38)16-12-24)34(42)29(47-36)19-22-17-27(39)33(28(18-22)44-2)46-20-21-9-13-25(37)14-10-21/h4-19,32H,3,20H2,1-2H3/b29-19-/t32-/m1/s1. The molecule has 4 aromatic carbocycles. The molecule has 1 aliphatic heterocycles. The Balaban J connectivity index is 1.48. The molecule has 0 N–H and O–H groups in total. The SMILES string of the molecule is CCOC(=O)C1=C(c2ccccc2)N=c2s/c(=C\c3cc(I)c(OCc4ccc(Cl)cc4)c(OC)c3)c(=O)n2[C@@H]1c1ccc(Cl)cc1. The molecule has 6 rings (SSSR count). The molecular weight excluding hydrogens is 770 g/mol. The average molecular weight is 797 g/mol. The minimum Gasteiger partial charge on any atom is -0.493 e. The predicted molar refractivity (Wildman–Crippen MR) is 194 cm³/mol. The first kappa shape index (κ1) is 33.0. The highest BCUT2D eigenvalue weighted by molar-refractivity contribution is 14.1. The number of halogens is 3. The van der Waals surface area contributed by atoms with Crippen LogP contribution in [0.4, 0.5) is 0 Å². The molecule has 1 aromatic heterocycles. The molecule has 0 radical (unpaired) electrons. The van der Waals surface area contributed by atoms with E-state index in [0.29, 0.717) is 48.7 Å². The van der Waals surface area contributed by atoms with E-state index in [4.69, 9.17) is 42.4 Å². The number of hydrogen-bond donors (Lipinski definition) is 0. The summed E-state index contributed by atoms with van der Waals surface area (Å²) in [6, 6.07) is 26.9. The molecule has 0 unspecified atom stereocenters. The van der Waals surface area contributed by atoms with E-state index < -0.39 is 12.0 Å². The summed E-state index contributed by atoms with van der Waals surface area (Å²) in [5.74, 6) is 0.577. The normalized spacial score (nSPS) is 14.4. The summed E-state index contributed by atoms with van der Waals surface area (Å²) in [5.41, 5.74) is 3.58. The van der Waals surface area contributed by atoms with Crippen LogP contribution in [0.5, 0.6) is 11.5 Å². The van der Waals surface area contributed by atoms with E-state index in [1.54, 1.807) is 36.8 Å². The lowest BCUT2D eigenvalue weighted by molar-refractivity contribution is -0.138. The predicted octanol–water partition coefficient (Wildman–Crippen LogP) is 7.43. The summed E-state index contributed by atoms with van der Waals surface area (Å²) in [6.45, 7) is 2.25. The Hall–Kier alpha value is -3.90. The second kappa shape index (κ2) is 14.5. The van der Waals surface area contributed by atoms with Crippen LogP contribution in [0.15, 0.2) is 106 Å². The highest BCUT2D eigenvalue weighted by Crippen LogP contribution is 2.37. The fourth-order valence-electron chi connectivity index (χ4n) is 5.25. The molecule has 238 valence electrons. The Morgan fingerprint density at radius 3 is 2.34 bits per heavy atom. The molecule has 0 amide bonds. The molecule has 0 aliphatic carbocycles. The van der Waals surface area contributed by atoms with Gasteiger partial charge in [-0.25, -0.2) is 9.79 Å². The third-order valence-electron chi connectivity index (χ3n) is 7.41. The van der Waals surface area contributed by atoms with Gasteiger partial charge in [0.15, 0.2) is 16.3 Å². The van der Waals surface area contributed by atoms with Crippen molar-refractivity contribution in [2.24, 2.45) is 4.99 Å². The zero-order valence-electron chi connectivity index (χ0n) is 25.2. The number of carbonyl (C=O) groups is 1. The number of fused-ring (bicyclic) bond motifs is 1. The molecule has 0 saturated carbocycles. The Kier molecular flexibility index (Phi) is 10.2. The average Bonchev–Trinajstić information content (AvgIpc) is 3.38. The Labute approximate surface area is 298 Å². The van der Waals surface area contributed by atoms with Crippen molar-refractivity contribution in [3.8, 4) is 11.5 Å². The summed E-state index contributed by atoms with van der Waals surface area (Å²) in [5, 5.41) is 1.19. The zero-order chi connectivity index (χ0) is 33.1. The van der Waals surface area contributed by atoms with Crippen LogP contribution in [0.25, 0.3) is 11.8 Å². The number of benzene rings is 4. The van der Waals surface area contributed by atoms with Crippen molar-refractivity contribution in [1.29, 1.82) is 0 Å². The quantitative estimate of drug-likeness (QED) is 0.115. The zero-order valence-corrected chi connectivity index (χ0v) is 29.7.